The van der Waals surface area contributed by atoms with E-state index >= 15 is 0 Å². The quantitative estimate of drug-likeness (QED) is 0.834. The summed E-state index contributed by atoms with van der Waals surface area (Å²) in [5.41, 5.74) is 4.28. The molecule has 0 spiro atoms. The minimum Gasteiger partial charge on any atom is -0.530 e. The van der Waals surface area contributed by atoms with Crippen LogP contribution < -0.4 is 10.4 Å². The molecule has 2 aromatic carbocycles. The maximum absolute atomic E-state index is 13.2. The van der Waals surface area contributed by atoms with E-state index in [2.05, 4.69) is 51.2 Å². The normalized spacial score (nSPS) is 19.8. The number of likely N-dealkylation sites (tertiary alicyclic amines) is 1. The lowest BCUT2D eigenvalue weighted by molar-refractivity contribution is -0.271. The average Bonchev–Trinajstić information content (AvgIpc) is 2.65. The molecule has 0 radical (unpaired) electrons. The van der Waals surface area contributed by atoms with Gasteiger partial charge in [-0.2, -0.15) is 0 Å². The number of carbonyl (C=O) groups is 1. The van der Waals surface area contributed by atoms with E-state index in [1.807, 2.05) is 12.1 Å². The predicted octanol–water partition coefficient (Wildman–Crippen LogP) is 4.36. The van der Waals surface area contributed by atoms with Gasteiger partial charge in [0.25, 0.3) is 0 Å². The summed E-state index contributed by atoms with van der Waals surface area (Å²) >= 11 is 0. The summed E-state index contributed by atoms with van der Waals surface area (Å²) in [6, 6.07) is 13.0. The number of piperidine rings is 1. The highest BCUT2D eigenvalue weighted by Gasteiger charge is 2.36. The fraction of sp³-hybridized carbons (Fsp3) is 0.458. The SMILES string of the molecule is Cc1ccc(NC2CCN(C(=O)[O-])C(C(C)(C)C)C2)c(Cc2ccc(F)cc2)c1. The molecule has 4 nitrogen and oxygen atoms in total. The number of aryl methyl sites for hydroxylation is 1. The first kappa shape index (κ1) is 21.2. The van der Waals surface area contributed by atoms with Crippen LogP contribution >= 0.6 is 0 Å². The van der Waals surface area contributed by atoms with Crippen molar-refractivity contribution in [1.82, 2.24) is 4.90 Å². The van der Waals surface area contributed by atoms with E-state index < -0.39 is 6.09 Å². The van der Waals surface area contributed by atoms with Gasteiger partial charge in [0.05, 0.1) is 0 Å². The molecule has 1 fully saturated rings. The summed E-state index contributed by atoms with van der Waals surface area (Å²) in [5.74, 6) is -0.232. The molecule has 0 aliphatic carbocycles. The van der Waals surface area contributed by atoms with Gasteiger partial charge in [0.2, 0.25) is 0 Å². The van der Waals surface area contributed by atoms with E-state index in [9.17, 15) is 14.3 Å². The molecule has 3 rings (SSSR count). The number of rotatable bonds is 4. The molecule has 0 saturated carbocycles. The molecule has 2 atom stereocenters. The Morgan fingerprint density at radius 1 is 1.21 bits per heavy atom. The third-order valence-electron chi connectivity index (χ3n) is 5.76. The minimum absolute atomic E-state index is 0.0928. The fourth-order valence-corrected chi connectivity index (χ4v) is 4.19. The number of hydrogen-bond acceptors (Lipinski definition) is 3. The fourth-order valence-electron chi connectivity index (χ4n) is 4.19. The van der Waals surface area contributed by atoms with Crippen molar-refractivity contribution in [3.63, 3.8) is 0 Å². The molecule has 1 aliphatic rings. The van der Waals surface area contributed by atoms with Crippen LogP contribution in [0.15, 0.2) is 42.5 Å². The molecule has 1 saturated heterocycles. The standard InChI is InChI=1S/C24H31FN2O2/c1-16-5-10-21(18(13-16)14-17-6-8-19(25)9-7-17)26-20-11-12-27(23(28)29)22(15-20)24(2,3)4/h5-10,13,20,22,26H,11-12,14-15H2,1-4H3,(H,28,29)/p-1. The van der Waals surface area contributed by atoms with Crippen LogP contribution in [0.2, 0.25) is 0 Å². The third-order valence-corrected chi connectivity index (χ3v) is 5.76. The summed E-state index contributed by atoms with van der Waals surface area (Å²) in [4.78, 5) is 13.0. The van der Waals surface area contributed by atoms with Gasteiger partial charge >= 0.3 is 0 Å². The van der Waals surface area contributed by atoms with Crippen LogP contribution in [0.25, 0.3) is 0 Å². The van der Waals surface area contributed by atoms with Crippen molar-refractivity contribution in [3.05, 3.63) is 65.0 Å². The minimum atomic E-state index is -1.09. The summed E-state index contributed by atoms with van der Waals surface area (Å²) in [6.07, 6.45) is 1.10. The van der Waals surface area contributed by atoms with Gasteiger partial charge in [0.15, 0.2) is 0 Å². The lowest BCUT2D eigenvalue weighted by atomic mass is 9.79. The lowest BCUT2D eigenvalue weighted by Gasteiger charge is -2.47. The van der Waals surface area contributed by atoms with Crippen LogP contribution in [0.5, 0.6) is 0 Å². The average molecular weight is 398 g/mol. The van der Waals surface area contributed by atoms with Crippen molar-refractivity contribution < 1.29 is 14.3 Å². The van der Waals surface area contributed by atoms with Gasteiger partial charge in [0, 0.05) is 24.3 Å². The monoisotopic (exact) mass is 397 g/mol. The predicted molar refractivity (Wildman–Crippen MR) is 112 cm³/mol. The lowest BCUT2D eigenvalue weighted by Crippen LogP contribution is -2.57. The Bertz CT molecular complexity index is 858. The number of anilines is 1. The van der Waals surface area contributed by atoms with Crippen molar-refractivity contribution in [2.75, 3.05) is 11.9 Å². The van der Waals surface area contributed by atoms with Crippen LogP contribution in [0.3, 0.4) is 0 Å². The van der Waals surface area contributed by atoms with Crippen molar-refractivity contribution in [2.45, 2.75) is 59.0 Å². The smallest absolute Gasteiger partial charge is 0.137 e. The first-order valence-corrected chi connectivity index (χ1v) is 10.2. The number of hydrogen-bond donors (Lipinski definition) is 1. The Hall–Kier alpha value is -2.56. The molecule has 0 aromatic heterocycles. The van der Waals surface area contributed by atoms with Gasteiger partial charge in [-0.3, -0.25) is 0 Å². The second kappa shape index (κ2) is 8.44. The number of amides is 1. The number of halogens is 1. The molecule has 0 bridgehead atoms. The third kappa shape index (κ3) is 5.28. The number of carbonyl (C=O) groups excluding carboxylic acids is 1. The molecule has 2 unspecified atom stereocenters. The van der Waals surface area contributed by atoms with Crippen LogP contribution in [-0.2, 0) is 6.42 Å². The van der Waals surface area contributed by atoms with Gasteiger partial charge in [-0.1, -0.05) is 50.6 Å². The largest absolute Gasteiger partial charge is 0.530 e. The van der Waals surface area contributed by atoms with Crippen molar-refractivity contribution >= 4 is 11.8 Å². The Balaban J connectivity index is 1.79. The molecule has 1 amide bonds. The number of carboxylic acid groups (broad SMARTS) is 1. The summed E-state index contributed by atoms with van der Waals surface area (Å²) in [5, 5.41) is 15.2. The number of benzene rings is 2. The van der Waals surface area contributed by atoms with Gasteiger partial charge < -0.3 is 20.1 Å². The zero-order valence-electron chi connectivity index (χ0n) is 17.7. The highest BCUT2D eigenvalue weighted by Crippen LogP contribution is 2.33. The Labute approximate surface area is 172 Å². The van der Waals surface area contributed by atoms with E-state index in [0.717, 1.165) is 29.7 Å². The van der Waals surface area contributed by atoms with E-state index in [-0.39, 0.29) is 23.3 Å². The second-order valence-corrected chi connectivity index (χ2v) is 9.17. The van der Waals surface area contributed by atoms with Crippen LogP contribution in [0.4, 0.5) is 14.9 Å². The molecule has 29 heavy (non-hydrogen) atoms. The molecular formula is C24H30FN2O2-. The highest BCUT2D eigenvalue weighted by molar-refractivity contribution is 5.63. The molecule has 5 heteroatoms. The first-order chi connectivity index (χ1) is 13.6. The Morgan fingerprint density at radius 3 is 2.52 bits per heavy atom. The number of nitrogens with one attached hydrogen (secondary N) is 1. The zero-order valence-corrected chi connectivity index (χ0v) is 17.7. The maximum Gasteiger partial charge on any atom is 0.137 e. The summed E-state index contributed by atoms with van der Waals surface area (Å²) in [6.45, 7) is 8.75. The van der Waals surface area contributed by atoms with Crippen molar-refractivity contribution in [1.29, 1.82) is 0 Å². The Kier molecular flexibility index (Phi) is 6.15. The van der Waals surface area contributed by atoms with E-state index in [4.69, 9.17) is 0 Å². The van der Waals surface area contributed by atoms with Crippen LogP contribution in [0.1, 0.15) is 50.3 Å². The summed E-state index contributed by atoms with van der Waals surface area (Å²) in [7, 11) is 0. The number of nitrogens with zero attached hydrogens (tertiary/aromatic N) is 1. The van der Waals surface area contributed by atoms with Crippen LogP contribution in [-0.4, -0.2) is 29.6 Å². The Morgan fingerprint density at radius 2 is 1.90 bits per heavy atom. The molecule has 1 N–H and O–H groups in total. The van der Waals surface area contributed by atoms with Crippen LogP contribution in [0, 0.1) is 18.2 Å². The van der Waals surface area contributed by atoms with Crippen molar-refractivity contribution in [3.8, 4) is 0 Å². The molecule has 1 aliphatic heterocycles. The van der Waals surface area contributed by atoms with E-state index in [1.54, 1.807) is 0 Å². The molecule has 1 heterocycles. The van der Waals surface area contributed by atoms with E-state index in [0.29, 0.717) is 13.0 Å². The van der Waals surface area contributed by atoms with E-state index in [1.165, 1.54) is 22.6 Å². The molecule has 2 aromatic rings. The second-order valence-electron chi connectivity index (χ2n) is 9.17. The summed E-state index contributed by atoms with van der Waals surface area (Å²) < 4.78 is 13.2. The van der Waals surface area contributed by atoms with Crippen molar-refractivity contribution in [2.24, 2.45) is 5.41 Å². The van der Waals surface area contributed by atoms with Gasteiger partial charge in [0.1, 0.15) is 11.9 Å². The topological polar surface area (TPSA) is 55.4 Å². The zero-order chi connectivity index (χ0) is 21.2. The first-order valence-electron chi connectivity index (χ1n) is 10.2. The maximum atomic E-state index is 13.2. The van der Waals surface area contributed by atoms with Gasteiger partial charge in [-0.15, -0.1) is 0 Å². The molecular weight excluding hydrogens is 367 g/mol. The van der Waals surface area contributed by atoms with Gasteiger partial charge in [-0.05, 0) is 60.9 Å². The molecule has 156 valence electrons. The highest BCUT2D eigenvalue weighted by atomic mass is 19.1. The van der Waals surface area contributed by atoms with Gasteiger partial charge in [-0.25, -0.2) is 4.39 Å².